The highest BCUT2D eigenvalue weighted by atomic mass is 32.1. The Balaban J connectivity index is 1.03. The van der Waals surface area contributed by atoms with E-state index in [9.17, 15) is 13.2 Å². The Morgan fingerprint density at radius 3 is 2.73 bits per heavy atom. The predicted octanol–water partition coefficient (Wildman–Crippen LogP) is 4.55. The number of imidazole rings is 1. The number of hydrogen-bond donors (Lipinski definition) is 1. The van der Waals surface area contributed by atoms with Crippen LogP contribution in [0, 0.1) is 11.8 Å². The molecule has 0 radical (unpaired) electrons. The Labute approximate surface area is 196 Å². The van der Waals surface area contributed by atoms with Crippen molar-refractivity contribution in [2.45, 2.75) is 25.6 Å². The van der Waals surface area contributed by atoms with E-state index < -0.39 is 11.7 Å². The first-order valence-corrected chi connectivity index (χ1v) is 12.6. The third kappa shape index (κ3) is 5.53. The zero-order valence-corrected chi connectivity index (χ0v) is 19.4. The van der Waals surface area contributed by atoms with E-state index in [4.69, 9.17) is 0 Å². The van der Waals surface area contributed by atoms with Crippen LogP contribution in [0.25, 0.3) is 10.1 Å². The van der Waals surface area contributed by atoms with Crippen LogP contribution in [0.4, 0.5) is 18.9 Å². The molecule has 178 valence electrons. The zero-order chi connectivity index (χ0) is 22.8. The van der Waals surface area contributed by atoms with Gasteiger partial charge in [-0.3, -0.25) is 4.90 Å². The van der Waals surface area contributed by atoms with Crippen molar-refractivity contribution >= 4 is 27.1 Å². The molecule has 1 aliphatic carbocycles. The second-order valence-electron chi connectivity index (χ2n) is 9.23. The van der Waals surface area contributed by atoms with Crippen LogP contribution in [-0.4, -0.2) is 60.3 Å². The highest BCUT2D eigenvalue weighted by molar-refractivity contribution is 7.17. The van der Waals surface area contributed by atoms with Gasteiger partial charge in [0.15, 0.2) is 0 Å². The van der Waals surface area contributed by atoms with Crippen LogP contribution in [0.2, 0.25) is 0 Å². The van der Waals surface area contributed by atoms with E-state index in [1.807, 2.05) is 24.1 Å². The van der Waals surface area contributed by atoms with Gasteiger partial charge in [-0.1, -0.05) is 6.07 Å². The first-order valence-electron chi connectivity index (χ1n) is 11.7. The number of aromatic nitrogens is 2. The Kier molecular flexibility index (Phi) is 6.62. The maximum Gasteiger partial charge on any atom is 0.416 e. The highest BCUT2D eigenvalue weighted by Gasteiger charge is 2.38. The van der Waals surface area contributed by atoms with E-state index in [2.05, 4.69) is 24.7 Å². The molecule has 2 atom stereocenters. The van der Waals surface area contributed by atoms with Gasteiger partial charge in [-0.25, -0.2) is 4.98 Å². The summed E-state index contributed by atoms with van der Waals surface area (Å²) >= 11 is 1.40. The number of piperazine rings is 1. The van der Waals surface area contributed by atoms with Gasteiger partial charge in [0, 0.05) is 67.1 Å². The minimum Gasteiger partial charge on any atom is -0.368 e. The molecule has 1 N–H and O–H groups in total. The summed E-state index contributed by atoms with van der Waals surface area (Å²) in [6.45, 7) is 8.20. The van der Waals surface area contributed by atoms with Crippen LogP contribution in [-0.2, 0) is 12.7 Å². The van der Waals surface area contributed by atoms with Crippen LogP contribution >= 0.6 is 11.3 Å². The number of aryl methyl sites for hydroxylation is 1. The van der Waals surface area contributed by atoms with Crippen LogP contribution < -0.4 is 10.2 Å². The van der Waals surface area contributed by atoms with Crippen molar-refractivity contribution < 1.29 is 13.2 Å². The normalized spacial score (nSPS) is 21.7. The minimum absolute atomic E-state index is 0.570. The summed E-state index contributed by atoms with van der Waals surface area (Å²) in [6.07, 6.45) is 3.82. The fraction of sp³-hybridized carbons (Fsp3) is 0.542. The van der Waals surface area contributed by atoms with Gasteiger partial charge >= 0.3 is 6.18 Å². The number of fused-ring (bicyclic) bond motifs is 1. The first-order chi connectivity index (χ1) is 16.0. The summed E-state index contributed by atoms with van der Waals surface area (Å²) in [4.78, 5) is 8.95. The van der Waals surface area contributed by atoms with Gasteiger partial charge in [-0.2, -0.15) is 13.2 Å². The molecule has 2 unspecified atom stereocenters. The van der Waals surface area contributed by atoms with Crippen molar-refractivity contribution in [3.63, 3.8) is 0 Å². The number of rotatable bonds is 9. The molecule has 0 bridgehead atoms. The zero-order valence-electron chi connectivity index (χ0n) is 18.6. The van der Waals surface area contributed by atoms with Crippen molar-refractivity contribution in [2.75, 3.05) is 50.7 Å². The van der Waals surface area contributed by atoms with Crippen LogP contribution in [0.15, 0.2) is 42.3 Å². The maximum absolute atomic E-state index is 13.0. The van der Waals surface area contributed by atoms with E-state index in [0.29, 0.717) is 4.70 Å². The predicted molar refractivity (Wildman–Crippen MR) is 127 cm³/mol. The molecule has 2 fully saturated rings. The monoisotopic (exact) mass is 477 g/mol. The number of halogens is 3. The van der Waals surface area contributed by atoms with E-state index in [-0.39, 0.29) is 0 Å². The standard InChI is InChI=1S/C24H30F3N5S/c25-24(26,27)20-2-3-21-22(16-33-23(21)13-20)32-10-8-30(9-11-32)15-19-12-18(19)14-28-4-1-6-31-7-5-29-17-31/h2-3,5,7,13,16-19,28H,1,4,6,8-12,14-15H2. The summed E-state index contributed by atoms with van der Waals surface area (Å²) < 4.78 is 41.8. The van der Waals surface area contributed by atoms with E-state index >= 15 is 0 Å². The fourth-order valence-corrected chi connectivity index (χ4v) is 5.82. The highest BCUT2D eigenvalue weighted by Crippen LogP contribution is 2.40. The van der Waals surface area contributed by atoms with Crippen molar-refractivity contribution in [3.05, 3.63) is 47.9 Å². The molecule has 5 nitrogen and oxygen atoms in total. The third-order valence-electron chi connectivity index (χ3n) is 6.89. The molecule has 33 heavy (non-hydrogen) atoms. The second-order valence-corrected chi connectivity index (χ2v) is 10.1. The molecule has 1 aliphatic heterocycles. The lowest BCUT2D eigenvalue weighted by molar-refractivity contribution is -0.137. The Morgan fingerprint density at radius 2 is 1.97 bits per heavy atom. The summed E-state index contributed by atoms with van der Waals surface area (Å²) in [7, 11) is 0. The SMILES string of the molecule is FC(F)(F)c1ccc2c(N3CCN(CC4CC4CNCCCn4ccnc4)CC3)csc2c1. The van der Waals surface area contributed by atoms with Gasteiger partial charge in [-0.15, -0.1) is 11.3 Å². The third-order valence-corrected chi connectivity index (χ3v) is 7.83. The maximum atomic E-state index is 13.0. The topological polar surface area (TPSA) is 36.3 Å². The largest absolute Gasteiger partial charge is 0.416 e. The number of nitrogens with zero attached hydrogens (tertiary/aromatic N) is 4. The second kappa shape index (κ2) is 9.64. The lowest BCUT2D eigenvalue weighted by Crippen LogP contribution is -2.47. The van der Waals surface area contributed by atoms with Crippen molar-refractivity contribution in [1.82, 2.24) is 19.8 Å². The summed E-state index contributed by atoms with van der Waals surface area (Å²) in [5.74, 6) is 1.58. The number of nitrogens with one attached hydrogen (secondary N) is 1. The molecule has 0 amide bonds. The summed E-state index contributed by atoms with van der Waals surface area (Å²) in [6, 6.07) is 4.11. The molecule has 1 saturated heterocycles. The van der Waals surface area contributed by atoms with Gasteiger partial charge < -0.3 is 14.8 Å². The van der Waals surface area contributed by atoms with Gasteiger partial charge in [-0.05, 0) is 49.9 Å². The van der Waals surface area contributed by atoms with Gasteiger partial charge in [0.05, 0.1) is 17.6 Å². The Bertz CT molecular complexity index is 1040. The number of anilines is 1. The average molecular weight is 478 g/mol. The average Bonchev–Trinajstić information content (AvgIpc) is 3.16. The lowest BCUT2D eigenvalue weighted by atomic mass is 10.1. The van der Waals surface area contributed by atoms with Crippen LogP contribution in [0.5, 0.6) is 0 Å². The number of alkyl halides is 3. The quantitative estimate of drug-likeness (QED) is 0.459. The van der Waals surface area contributed by atoms with Gasteiger partial charge in [0.1, 0.15) is 0 Å². The Hall–Kier alpha value is -2.10. The van der Waals surface area contributed by atoms with E-state index in [1.165, 1.54) is 29.9 Å². The molecule has 5 rings (SSSR count). The molecule has 9 heteroatoms. The molecular formula is C24H30F3N5S. The lowest BCUT2D eigenvalue weighted by Gasteiger charge is -2.36. The van der Waals surface area contributed by atoms with E-state index in [0.717, 1.165) is 81.7 Å². The summed E-state index contributed by atoms with van der Waals surface area (Å²) in [5, 5.41) is 6.55. The van der Waals surface area contributed by atoms with Gasteiger partial charge in [0.25, 0.3) is 0 Å². The van der Waals surface area contributed by atoms with Crippen LogP contribution in [0.3, 0.4) is 0 Å². The molecular weight excluding hydrogens is 447 g/mol. The number of thiophene rings is 1. The molecule has 1 saturated carbocycles. The van der Waals surface area contributed by atoms with Crippen molar-refractivity contribution in [2.24, 2.45) is 11.8 Å². The van der Waals surface area contributed by atoms with Gasteiger partial charge in [0.2, 0.25) is 0 Å². The first kappa shape index (κ1) is 22.7. The molecule has 3 heterocycles. The fourth-order valence-electron chi connectivity index (χ4n) is 4.82. The molecule has 3 aromatic rings. The Morgan fingerprint density at radius 1 is 1.12 bits per heavy atom. The van der Waals surface area contributed by atoms with Crippen molar-refractivity contribution in [1.29, 1.82) is 0 Å². The van der Waals surface area contributed by atoms with Crippen molar-refractivity contribution in [3.8, 4) is 0 Å². The molecule has 2 aromatic heterocycles. The molecule has 1 aromatic carbocycles. The molecule has 0 spiro atoms. The summed E-state index contributed by atoms with van der Waals surface area (Å²) in [5.41, 5.74) is 0.507. The smallest absolute Gasteiger partial charge is 0.368 e. The van der Waals surface area contributed by atoms with E-state index in [1.54, 1.807) is 6.07 Å². The van der Waals surface area contributed by atoms with Crippen LogP contribution in [0.1, 0.15) is 18.4 Å². The minimum atomic E-state index is -4.29. The number of hydrogen-bond acceptors (Lipinski definition) is 5. The number of benzene rings is 1. The molecule has 2 aliphatic rings.